The highest BCUT2D eigenvalue weighted by Gasteiger charge is 2.21. The molecule has 0 spiro atoms. The van der Waals surface area contributed by atoms with Gasteiger partial charge < -0.3 is 14.6 Å². The van der Waals surface area contributed by atoms with Crippen LogP contribution in [0, 0.1) is 0 Å². The number of amides is 1. The molecule has 1 heterocycles. The Morgan fingerprint density at radius 2 is 1.68 bits per heavy atom. The van der Waals surface area contributed by atoms with E-state index in [1.54, 1.807) is 83.4 Å². The maximum absolute atomic E-state index is 13.6. The van der Waals surface area contributed by atoms with E-state index in [4.69, 9.17) is 16.3 Å². The normalized spacial score (nSPS) is 11.7. The Labute approximate surface area is 227 Å². The molecule has 38 heavy (non-hydrogen) atoms. The summed E-state index contributed by atoms with van der Waals surface area (Å²) in [5, 5.41) is 3.14. The summed E-state index contributed by atoms with van der Waals surface area (Å²) in [7, 11) is -1.78. The molecule has 0 fully saturated rings. The van der Waals surface area contributed by atoms with E-state index in [1.165, 1.54) is 10.6 Å². The lowest BCUT2D eigenvalue weighted by Gasteiger charge is -2.20. The summed E-state index contributed by atoms with van der Waals surface area (Å²) < 4.78 is 31.4. The molecule has 0 radical (unpaired) electrons. The van der Waals surface area contributed by atoms with Gasteiger partial charge in [-0.25, -0.2) is 13.2 Å². The third-order valence-electron chi connectivity index (χ3n) is 5.69. The molecule has 0 atom stereocenters. The highest BCUT2D eigenvalue weighted by Crippen LogP contribution is 2.30. The summed E-state index contributed by atoms with van der Waals surface area (Å²) >= 11 is 5.99. The van der Waals surface area contributed by atoms with Crippen LogP contribution in [0.4, 0.5) is 4.79 Å². The molecule has 3 rings (SSSR count). The van der Waals surface area contributed by atoms with Crippen molar-refractivity contribution in [2.75, 3.05) is 5.75 Å². The molecule has 0 aliphatic heterocycles. The zero-order chi connectivity index (χ0) is 28.3. The summed E-state index contributed by atoms with van der Waals surface area (Å²) in [6.45, 7) is 6.73. The van der Waals surface area contributed by atoms with Gasteiger partial charge in [-0.15, -0.1) is 0 Å². The number of rotatable bonds is 8. The van der Waals surface area contributed by atoms with E-state index < -0.39 is 21.5 Å². The monoisotopic (exact) mass is 558 g/mol. The van der Waals surface area contributed by atoms with Crippen LogP contribution in [-0.2, 0) is 33.9 Å². The fraction of sp³-hybridized carbons (Fsp3) is 0.321. The van der Waals surface area contributed by atoms with Crippen LogP contribution in [0.25, 0.3) is 11.1 Å². The lowest BCUT2D eigenvalue weighted by atomic mass is 9.91. The molecule has 0 aliphatic rings. The van der Waals surface area contributed by atoms with Gasteiger partial charge in [0.25, 0.3) is 5.56 Å². The van der Waals surface area contributed by atoms with E-state index in [9.17, 15) is 22.8 Å². The Hall–Kier alpha value is -3.43. The topological polar surface area (TPSA) is 112 Å². The minimum Gasteiger partial charge on any atom is -0.444 e. The standard InChI is InChI=1S/C28H31ClN2O6S/c1-6-38(35,36)17-18-7-12-22(26(33)19-8-10-21(29)11-9-19)23(13-18)24-16-31(5)25(32)14-20(24)15-30-27(34)37-28(2,3)4/h7-14,16H,6,15,17H2,1-5H3,(H,30,34). The molecule has 0 aliphatic carbocycles. The summed E-state index contributed by atoms with van der Waals surface area (Å²) in [6.07, 6.45) is 0.907. The van der Waals surface area contributed by atoms with E-state index in [0.717, 1.165) is 0 Å². The van der Waals surface area contributed by atoms with Crippen LogP contribution in [0.2, 0.25) is 5.02 Å². The van der Waals surface area contributed by atoms with Crippen LogP contribution < -0.4 is 10.9 Å². The third-order valence-corrected chi connectivity index (χ3v) is 7.59. The minimum atomic E-state index is -3.35. The number of carbonyl (C=O) groups excluding carboxylic acids is 2. The number of nitrogens with zero attached hydrogens (tertiary/aromatic N) is 1. The van der Waals surface area contributed by atoms with Crippen LogP contribution in [0.15, 0.2) is 59.5 Å². The fourth-order valence-electron chi connectivity index (χ4n) is 3.75. The van der Waals surface area contributed by atoms with E-state index in [0.29, 0.717) is 38.4 Å². The van der Waals surface area contributed by atoms with Crippen LogP contribution >= 0.6 is 11.6 Å². The number of benzene rings is 2. The van der Waals surface area contributed by atoms with Crippen LogP contribution in [0.5, 0.6) is 0 Å². The molecule has 8 nitrogen and oxygen atoms in total. The highest BCUT2D eigenvalue weighted by atomic mass is 35.5. The first-order valence-corrected chi connectivity index (χ1v) is 14.2. The molecule has 1 N–H and O–H groups in total. The summed E-state index contributed by atoms with van der Waals surface area (Å²) in [6, 6.07) is 12.7. The average molecular weight is 559 g/mol. The molecule has 1 aromatic heterocycles. The molecule has 0 saturated heterocycles. The van der Waals surface area contributed by atoms with Gasteiger partial charge in [-0.05, 0) is 67.8 Å². The van der Waals surface area contributed by atoms with Crippen molar-refractivity contribution in [1.82, 2.24) is 9.88 Å². The summed E-state index contributed by atoms with van der Waals surface area (Å²) in [5.74, 6) is -0.538. The number of hydrogen-bond acceptors (Lipinski definition) is 6. The minimum absolute atomic E-state index is 0.0291. The van der Waals surface area contributed by atoms with Crippen molar-refractivity contribution in [3.63, 3.8) is 0 Å². The summed E-state index contributed by atoms with van der Waals surface area (Å²) in [5.41, 5.74) is 1.54. The van der Waals surface area contributed by atoms with Crippen molar-refractivity contribution in [2.45, 2.75) is 45.6 Å². The number of alkyl carbamates (subject to hydrolysis) is 1. The molecule has 3 aromatic rings. The van der Waals surface area contributed by atoms with Gasteiger partial charge in [0.15, 0.2) is 15.6 Å². The largest absolute Gasteiger partial charge is 0.444 e. The number of ketones is 1. The van der Waals surface area contributed by atoms with Gasteiger partial charge in [-0.1, -0.05) is 30.7 Å². The van der Waals surface area contributed by atoms with Gasteiger partial charge >= 0.3 is 6.09 Å². The molecule has 202 valence electrons. The number of sulfone groups is 1. The predicted octanol–water partition coefficient (Wildman–Crippen LogP) is 4.90. The number of carbonyl (C=O) groups is 2. The zero-order valence-electron chi connectivity index (χ0n) is 22.0. The molecule has 0 saturated carbocycles. The number of aromatic nitrogens is 1. The maximum Gasteiger partial charge on any atom is 0.407 e. The second-order valence-corrected chi connectivity index (χ2v) is 12.7. The quantitative estimate of drug-likeness (QED) is 0.394. The Balaban J connectivity index is 2.17. The van der Waals surface area contributed by atoms with Gasteiger partial charge in [-0.3, -0.25) is 9.59 Å². The van der Waals surface area contributed by atoms with E-state index in [-0.39, 0.29) is 29.4 Å². The second kappa shape index (κ2) is 11.5. The predicted molar refractivity (Wildman–Crippen MR) is 148 cm³/mol. The van der Waals surface area contributed by atoms with E-state index >= 15 is 0 Å². The van der Waals surface area contributed by atoms with Gasteiger partial charge in [-0.2, -0.15) is 0 Å². The van der Waals surface area contributed by atoms with Gasteiger partial charge in [0, 0.05) is 53.3 Å². The van der Waals surface area contributed by atoms with E-state index in [1.807, 2.05) is 0 Å². The smallest absolute Gasteiger partial charge is 0.407 e. The number of aryl methyl sites for hydroxylation is 1. The Morgan fingerprint density at radius 1 is 1.03 bits per heavy atom. The first-order chi connectivity index (χ1) is 17.7. The third kappa shape index (κ3) is 7.55. The lowest BCUT2D eigenvalue weighted by molar-refractivity contribution is 0.0523. The van der Waals surface area contributed by atoms with Crippen molar-refractivity contribution in [1.29, 1.82) is 0 Å². The van der Waals surface area contributed by atoms with Crippen molar-refractivity contribution < 1.29 is 22.7 Å². The molecule has 0 unspecified atom stereocenters. The average Bonchev–Trinajstić information content (AvgIpc) is 2.83. The lowest BCUT2D eigenvalue weighted by Crippen LogP contribution is -2.32. The van der Waals surface area contributed by atoms with Crippen LogP contribution in [-0.4, -0.2) is 36.2 Å². The number of pyridine rings is 1. The number of halogens is 1. The van der Waals surface area contributed by atoms with Gasteiger partial charge in [0.1, 0.15) is 5.60 Å². The van der Waals surface area contributed by atoms with Crippen molar-refractivity contribution in [3.8, 4) is 11.1 Å². The Morgan fingerprint density at radius 3 is 2.29 bits per heavy atom. The first-order valence-electron chi connectivity index (χ1n) is 12.0. The number of ether oxygens (including phenoxy) is 1. The molecule has 0 bridgehead atoms. The molecule has 10 heteroatoms. The molecular weight excluding hydrogens is 528 g/mol. The highest BCUT2D eigenvalue weighted by molar-refractivity contribution is 7.90. The second-order valence-electron chi connectivity index (χ2n) is 9.91. The molecule has 1 amide bonds. The first kappa shape index (κ1) is 29.1. The molecular formula is C28H31ClN2O6S. The fourth-order valence-corrected chi connectivity index (χ4v) is 4.77. The van der Waals surface area contributed by atoms with Crippen molar-refractivity contribution in [2.24, 2.45) is 7.05 Å². The van der Waals surface area contributed by atoms with Gasteiger partial charge in [0.05, 0.1) is 5.75 Å². The van der Waals surface area contributed by atoms with Crippen LogP contribution in [0.1, 0.15) is 54.7 Å². The zero-order valence-corrected chi connectivity index (χ0v) is 23.6. The Kier molecular flexibility index (Phi) is 8.84. The maximum atomic E-state index is 13.6. The molecule has 2 aromatic carbocycles. The van der Waals surface area contributed by atoms with Crippen molar-refractivity contribution in [3.05, 3.63) is 92.4 Å². The number of nitrogens with one attached hydrogen (secondary N) is 1. The van der Waals surface area contributed by atoms with Crippen molar-refractivity contribution >= 4 is 33.3 Å². The van der Waals surface area contributed by atoms with Crippen LogP contribution in [0.3, 0.4) is 0 Å². The Bertz CT molecular complexity index is 1520. The number of hydrogen-bond donors (Lipinski definition) is 1. The summed E-state index contributed by atoms with van der Waals surface area (Å²) in [4.78, 5) is 38.4. The van der Waals surface area contributed by atoms with E-state index in [2.05, 4.69) is 5.32 Å². The SMILES string of the molecule is CCS(=O)(=O)Cc1ccc(C(=O)c2ccc(Cl)cc2)c(-c2cn(C)c(=O)cc2CNC(=O)OC(C)(C)C)c1. The van der Waals surface area contributed by atoms with Gasteiger partial charge in [0.2, 0.25) is 0 Å².